The molecule has 8 heteroatoms. The topological polar surface area (TPSA) is 87.5 Å². The van der Waals surface area contributed by atoms with Gasteiger partial charge in [0.05, 0.1) is 16.1 Å². The largest absolute Gasteiger partial charge is 0.481 e. The molecular formula is C18H19ClN4O3. The van der Waals surface area contributed by atoms with Crippen LogP contribution in [0.15, 0.2) is 36.7 Å². The van der Waals surface area contributed by atoms with Crippen molar-refractivity contribution >= 4 is 29.3 Å². The Morgan fingerprint density at radius 3 is 2.88 bits per heavy atom. The summed E-state index contributed by atoms with van der Waals surface area (Å²) in [4.78, 5) is 26.2. The lowest BCUT2D eigenvalue weighted by Crippen LogP contribution is -2.38. The number of urea groups is 1. The number of nitrogens with one attached hydrogen (secondary N) is 1. The van der Waals surface area contributed by atoms with Crippen molar-refractivity contribution in [1.82, 2.24) is 14.7 Å². The molecule has 2 aliphatic rings. The van der Waals surface area contributed by atoms with Gasteiger partial charge in [0, 0.05) is 25.5 Å². The van der Waals surface area contributed by atoms with Crippen LogP contribution in [0.5, 0.6) is 0 Å². The minimum Gasteiger partial charge on any atom is -0.481 e. The average molecular weight is 375 g/mol. The minimum atomic E-state index is -0.796. The van der Waals surface area contributed by atoms with Crippen molar-refractivity contribution in [3.63, 3.8) is 0 Å². The van der Waals surface area contributed by atoms with Crippen LogP contribution in [0.1, 0.15) is 19.3 Å². The van der Waals surface area contributed by atoms with Gasteiger partial charge >= 0.3 is 12.0 Å². The number of halogens is 1. The number of aliphatic carboxylic acids is 1. The van der Waals surface area contributed by atoms with Crippen LogP contribution in [-0.2, 0) is 4.79 Å². The summed E-state index contributed by atoms with van der Waals surface area (Å²) in [6, 6.07) is 6.70. The number of carboxylic acids is 1. The molecule has 1 saturated heterocycles. The van der Waals surface area contributed by atoms with E-state index in [1.165, 1.54) is 0 Å². The van der Waals surface area contributed by atoms with Gasteiger partial charge in [0.2, 0.25) is 0 Å². The Morgan fingerprint density at radius 1 is 1.35 bits per heavy atom. The molecule has 2 aromatic rings. The summed E-state index contributed by atoms with van der Waals surface area (Å²) in [5.41, 5.74) is 0.323. The molecule has 2 N–H and O–H groups in total. The number of amides is 2. The number of likely N-dealkylation sites (tertiary alicyclic amines) is 1. The number of rotatable bonds is 3. The van der Waals surface area contributed by atoms with Gasteiger partial charge in [0.1, 0.15) is 5.69 Å². The number of aromatic nitrogens is 2. The maximum Gasteiger partial charge on any atom is 0.321 e. The zero-order valence-electron chi connectivity index (χ0n) is 14.1. The molecule has 4 rings (SSSR count). The highest BCUT2D eigenvalue weighted by Crippen LogP contribution is 2.49. The van der Waals surface area contributed by atoms with E-state index in [4.69, 9.17) is 11.6 Å². The summed E-state index contributed by atoms with van der Waals surface area (Å²) >= 11 is 6.30. The van der Waals surface area contributed by atoms with Gasteiger partial charge in [-0.25, -0.2) is 9.48 Å². The molecule has 2 amide bonds. The summed E-state index contributed by atoms with van der Waals surface area (Å²) in [7, 11) is 0. The van der Waals surface area contributed by atoms with Crippen molar-refractivity contribution in [2.75, 3.05) is 18.4 Å². The van der Waals surface area contributed by atoms with E-state index in [-0.39, 0.29) is 18.5 Å². The quantitative estimate of drug-likeness (QED) is 0.863. The zero-order valence-corrected chi connectivity index (χ0v) is 14.8. The number of nitrogens with zero attached hydrogens (tertiary/aromatic N) is 3. The third-order valence-electron chi connectivity index (χ3n) is 5.55. The van der Waals surface area contributed by atoms with Gasteiger partial charge in [-0.1, -0.05) is 24.1 Å². The van der Waals surface area contributed by atoms with E-state index in [2.05, 4.69) is 10.4 Å². The first-order valence-corrected chi connectivity index (χ1v) is 8.97. The van der Waals surface area contributed by atoms with Crippen LogP contribution in [0, 0.1) is 11.3 Å². The van der Waals surface area contributed by atoms with Crippen molar-refractivity contribution in [2.45, 2.75) is 19.3 Å². The van der Waals surface area contributed by atoms with E-state index in [1.807, 2.05) is 0 Å². The highest BCUT2D eigenvalue weighted by Gasteiger charge is 2.55. The molecule has 2 heterocycles. The molecule has 0 bridgehead atoms. The molecule has 2 fully saturated rings. The van der Waals surface area contributed by atoms with E-state index in [0.29, 0.717) is 29.4 Å². The predicted octanol–water partition coefficient (Wildman–Crippen LogP) is 3.24. The average Bonchev–Trinajstić information content (AvgIpc) is 3.30. The van der Waals surface area contributed by atoms with Gasteiger partial charge in [0.15, 0.2) is 0 Å². The number of hydrogen-bond acceptors (Lipinski definition) is 3. The lowest BCUT2D eigenvalue weighted by Gasteiger charge is -2.23. The van der Waals surface area contributed by atoms with Gasteiger partial charge < -0.3 is 15.3 Å². The van der Waals surface area contributed by atoms with E-state index in [1.54, 1.807) is 46.2 Å². The molecule has 136 valence electrons. The summed E-state index contributed by atoms with van der Waals surface area (Å²) < 4.78 is 1.59. The summed E-state index contributed by atoms with van der Waals surface area (Å²) in [5, 5.41) is 17.2. The van der Waals surface area contributed by atoms with Gasteiger partial charge in [-0.15, -0.1) is 0 Å². The Hall–Kier alpha value is -2.54. The monoisotopic (exact) mass is 374 g/mol. The molecule has 7 nitrogen and oxygen atoms in total. The molecule has 2 atom stereocenters. The Kier molecular flexibility index (Phi) is 4.11. The van der Waals surface area contributed by atoms with Crippen LogP contribution in [0.25, 0.3) is 5.69 Å². The fourth-order valence-corrected chi connectivity index (χ4v) is 4.50. The highest BCUT2D eigenvalue weighted by molar-refractivity contribution is 6.33. The first kappa shape index (κ1) is 16.9. The zero-order chi connectivity index (χ0) is 18.3. The third kappa shape index (κ3) is 2.63. The first-order valence-electron chi connectivity index (χ1n) is 8.59. The second kappa shape index (κ2) is 6.32. The van der Waals surface area contributed by atoms with E-state index < -0.39 is 11.4 Å². The van der Waals surface area contributed by atoms with E-state index >= 15 is 0 Å². The SMILES string of the molecule is O=C(Nc1cccc(Cl)c1-n1cccn1)N1C[C@@H]2CCC[C@@]2(C(=O)O)C1. The fourth-order valence-electron chi connectivity index (χ4n) is 4.24. The lowest BCUT2D eigenvalue weighted by atomic mass is 9.81. The fraction of sp³-hybridized carbons (Fsp3) is 0.389. The first-order chi connectivity index (χ1) is 12.5. The highest BCUT2D eigenvalue weighted by atomic mass is 35.5. The molecular weight excluding hydrogens is 356 g/mol. The lowest BCUT2D eigenvalue weighted by molar-refractivity contribution is -0.149. The van der Waals surface area contributed by atoms with Crippen LogP contribution in [0.3, 0.4) is 0 Å². The van der Waals surface area contributed by atoms with Crippen LogP contribution in [0.2, 0.25) is 5.02 Å². The molecule has 1 aliphatic heterocycles. The molecule has 1 aliphatic carbocycles. The molecule has 0 radical (unpaired) electrons. The Balaban J connectivity index is 1.57. The van der Waals surface area contributed by atoms with Crippen LogP contribution in [-0.4, -0.2) is 44.9 Å². The van der Waals surface area contributed by atoms with Crippen LogP contribution in [0.4, 0.5) is 10.5 Å². The molecule has 1 aromatic carbocycles. The summed E-state index contributed by atoms with van der Waals surface area (Å²) in [5.74, 6) is -0.772. The van der Waals surface area contributed by atoms with Crippen LogP contribution >= 0.6 is 11.6 Å². The smallest absolute Gasteiger partial charge is 0.321 e. The maximum atomic E-state index is 12.8. The third-order valence-corrected chi connectivity index (χ3v) is 5.85. The number of carbonyl (C=O) groups is 2. The number of anilines is 1. The Bertz CT molecular complexity index is 854. The van der Waals surface area contributed by atoms with E-state index in [9.17, 15) is 14.7 Å². The van der Waals surface area contributed by atoms with Crippen molar-refractivity contribution < 1.29 is 14.7 Å². The van der Waals surface area contributed by atoms with Crippen molar-refractivity contribution in [2.24, 2.45) is 11.3 Å². The molecule has 0 spiro atoms. The Morgan fingerprint density at radius 2 is 2.19 bits per heavy atom. The van der Waals surface area contributed by atoms with E-state index in [0.717, 1.165) is 12.8 Å². The van der Waals surface area contributed by atoms with Crippen LogP contribution < -0.4 is 5.32 Å². The second-order valence-electron chi connectivity index (χ2n) is 6.95. The normalized spacial score (nSPS) is 24.5. The number of benzene rings is 1. The predicted molar refractivity (Wildman–Crippen MR) is 96.6 cm³/mol. The van der Waals surface area contributed by atoms with Crippen molar-refractivity contribution in [3.05, 3.63) is 41.7 Å². The van der Waals surface area contributed by atoms with Gasteiger partial charge in [0.25, 0.3) is 0 Å². The van der Waals surface area contributed by atoms with Crippen molar-refractivity contribution in [1.29, 1.82) is 0 Å². The number of fused-ring (bicyclic) bond motifs is 1. The van der Waals surface area contributed by atoms with Crippen molar-refractivity contribution in [3.8, 4) is 5.69 Å². The standard InChI is InChI=1S/C18H19ClN4O3/c19-13-5-1-6-14(15(13)23-9-3-8-20-23)21-17(26)22-10-12-4-2-7-18(12,11-22)16(24)25/h1,3,5-6,8-9,12H,2,4,7,10-11H2,(H,21,26)(H,24,25)/t12-,18+/m0/s1. The Labute approximate surface area is 155 Å². The number of hydrogen-bond donors (Lipinski definition) is 2. The minimum absolute atomic E-state index is 0.0238. The molecule has 0 unspecified atom stereocenters. The molecule has 26 heavy (non-hydrogen) atoms. The number of carboxylic acid groups (broad SMARTS) is 1. The van der Waals surface area contributed by atoms with Gasteiger partial charge in [-0.2, -0.15) is 5.10 Å². The second-order valence-corrected chi connectivity index (χ2v) is 7.35. The summed E-state index contributed by atoms with van der Waals surface area (Å²) in [6.45, 7) is 0.715. The number of carbonyl (C=O) groups excluding carboxylic acids is 1. The molecule has 1 saturated carbocycles. The van der Waals surface area contributed by atoms with Gasteiger partial charge in [-0.05, 0) is 37.0 Å². The number of para-hydroxylation sites is 1. The summed E-state index contributed by atoms with van der Waals surface area (Å²) in [6.07, 6.45) is 5.77. The molecule has 1 aromatic heterocycles. The van der Waals surface area contributed by atoms with Gasteiger partial charge in [-0.3, -0.25) is 4.79 Å². The maximum absolute atomic E-state index is 12.8.